The lowest BCUT2D eigenvalue weighted by molar-refractivity contribution is 0.300. The van der Waals surface area contributed by atoms with Crippen molar-refractivity contribution in [2.24, 2.45) is 5.73 Å². The number of hydrogen-bond donors (Lipinski definition) is 1. The van der Waals surface area contributed by atoms with E-state index in [0.29, 0.717) is 13.2 Å². The van der Waals surface area contributed by atoms with Crippen molar-refractivity contribution in [3.05, 3.63) is 64.8 Å². The van der Waals surface area contributed by atoms with Crippen molar-refractivity contribution in [3.8, 4) is 5.75 Å². The van der Waals surface area contributed by atoms with Gasteiger partial charge in [-0.2, -0.15) is 0 Å². The smallest absolute Gasteiger partial charge is 0.119 e. The zero-order valence-electron chi connectivity index (χ0n) is 11.6. The van der Waals surface area contributed by atoms with E-state index < -0.39 is 0 Å². The molecule has 4 heteroatoms. The lowest BCUT2D eigenvalue weighted by atomic mass is 10.1. The van der Waals surface area contributed by atoms with Gasteiger partial charge in [-0.25, -0.2) is 0 Å². The maximum Gasteiger partial charge on any atom is 0.119 e. The minimum atomic E-state index is 0.551. The standard InChI is InChI=1S/C17H17BrN2O/c18-15-4-6-16(7-5-15)21-11-10-20-9-8-13-2-1-3-14(12-19)17(13)20/h1-9H,10-12,19H2. The number of para-hydroxylation sites is 1. The summed E-state index contributed by atoms with van der Waals surface area (Å²) in [5, 5.41) is 1.22. The normalized spacial score (nSPS) is 11.0. The molecule has 0 bridgehead atoms. The quantitative estimate of drug-likeness (QED) is 0.761. The van der Waals surface area contributed by atoms with Gasteiger partial charge in [-0.05, 0) is 41.3 Å². The van der Waals surface area contributed by atoms with Gasteiger partial charge in [0.25, 0.3) is 0 Å². The van der Waals surface area contributed by atoms with Crippen LogP contribution in [-0.4, -0.2) is 11.2 Å². The first-order valence-electron chi connectivity index (χ1n) is 6.93. The van der Waals surface area contributed by atoms with Crippen LogP contribution in [0.4, 0.5) is 0 Å². The van der Waals surface area contributed by atoms with Crippen molar-refractivity contribution >= 4 is 26.8 Å². The summed E-state index contributed by atoms with van der Waals surface area (Å²) in [7, 11) is 0. The highest BCUT2D eigenvalue weighted by molar-refractivity contribution is 9.10. The van der Waals surface area contributed by atoms with Gasteiger partial charge in [-0.15, -0.1) is 0 Å². The third kappa shape index (κ3) is 3.12. The van der Waals surface area contributed by atoms with E-state index in [0.717, 1.165) is 16.8 Å². The number of aromatic nitrogens is 1. The van der Waals surface area contributed by atoms with Crippen molar-refractivity contribution in [2.75, 3.05) is 6.61 Å². The Hall–Kier alpha value is -1.78. The fourth-order valence-electron chi connectivity index (χ4n) is 2.48. The predicted octanol–water partition coefficient (Wildman–Crippen LogP) is 3.94. The monoisotopic (exact) mass is 344 g/mol. The second-order valence-electron chi connectivity index (χ2n) is 4.87. The van der Waals surface area contributed by atoms with Gasteiger partial charge in [0.15, 0.2) is 0 Å². The Bertz CT molecular complexity index is 734. The van der Waals surface area contributed by atoms with E-state index in [1.165, 1.54) is 16.5 Å². The van der Waals surface area contributed by atoms with Crippen molar-refractivity contribution in [1.29, 1.82) is 0 Å². The van der Waals surface area contributed by atoms with Crippen LogP contribution in [0.25, 0.3) is 10.9 Å². The second kappa shape index (κ2) is 6.33. The molecule has 108 valence electrons. The van der Waals surface area contributed by atoms with Crippen LogP contribution in [0.5, 0.6) is 5.75 Å². The number of nitrogens with two attached hydrogens (primary N) is 1. The Kier molecular flexibility index (Phi) is 4.27. The van der Waals surface area contributed by atoms with E-state index in [2.05, 4.69) is 44.9 Å². The lowest BCUT2D eigenvalue weighted by Crippen LogP contribution is -2.09. The fraction of sp³-hybridized carbons (Fsp3) is 0.176. The Morgan fingerprint density at radius 2 is 1.86 bits per heavy atom. The zero-order chi connectivity index (χ0) is 14.7. The summed E-state index contributed by atoms with van der Waals surface area (Å²) in [5.74, 6) is 0.883. The molecule has 1 aromatic heterocycles. The molecular weight excluding hydrogens is 328 g/mol. The van der Waals surface area contributed by atoms with Gasteiger partial charge in [-0.1, -0.05) is 34.1 Å². The molecule has 3 aromatic rings. The highest BCUT2D eigenvalue weighted by Gasteiger charge is 2.05. The summed E-state index contributed by atoms with van der Waals surface area (Å²) >= 11 is 3.42. The molecule has 0 saturated carbocycles. The second-order valence-corrected chi connectivity index (χ2v) is 5.79. The van der Waals surface area contributed by atoms with Gasteiger partial charge in [0.1, 0.15) is 12.4 Å². The Labute approximate surface area is 132 Å². The predicted molar refractivity (Wildman–Crippen MR) is 89.5 cm³/mol. The molecule has 0 amide bonds. The van der Waals surface area contributed by atoms with Crippen LogP contribution in [-0.2, 0) is 13.1 Å². The highest BCUT2D eigenvalue weighted by Crippen LogP contribution is 2.20. The van der Waals surface area contributed by atoms with Gasteiger partial charge < -0.3 is 15.0 Å². The van der Waals surface area contributed by atoms with E-state index in [4.69, 9.17) is 10.5 Å². The molecule has 0 aliphatic carbocycles. The number of halogens is 1. The van der Waals surface area contributed by atoms with Crippen LogP contribution in [0.2, 0.25) is 0 Å². The summed E-state index contributed by atoms with van der Waals surface area (Å²) in [6, 6.07) is 16.2. The number of hydrogen-bond acceptors (Lipinski definition) is 2. The molecule has 3 nitrogen and oxygen atoms in total. The molecule has 1 heterocycles. The third-order valence-corrected chi connectivity index (χ3v) is 4.04. The molecule has 0 unspecified atom stereocenters. The summed E-state index contributed by atoms with van der Waals surface area (Å²) in [4.78, 5) is 0. The maximum atomic E-state index is 5.83. The first-order chi connectivity index (χ1) is 10.3. The number of rotatable bonds is 5. The minimum absolute atomic E-state index is 0.551. The Morgan fingerprint density at radius 3 is 2.62 bits per heavy atom. The van der Waals surface area contributed by atoms with E-state index >= 15 is 0 Å². The van der Waals surface area contributed by atoms with E-state index in [1.807, 2.05) is 30.3 Å². The van der Waals surface area contributed by atoms with Crippen LogP contribution >= 0.6 is 15.9 Å². The lowest BCUT2D eigenvalue weighted by Gasteiger charge is -2.10. The zero-order valence-corrected chi connectivity index (χ0v) is 13.2. The molecule has 0 fully saturated rings. The number of fused-ring (bicyclic) bond motifs is 1. The third-order valence-electron chi connectivity index (χ3n) is 3.51. The minimum Gasteiger partial charge on any atom is -0.492 e. The number of nitrogens with zero attached hydrogens (tertiary/aromatic N) is 1. The SMILES string of the molecule is NCc1cccc2ccn(CCOc3ccc(Br)cc3)c12. The Morgan fingerprint density at radius 1 is 1.05 bits per heavy atom. The van der Waals surface area contributed by atoms with E-state index in [-0.39, 0.29) is 0 Å². The largest absolute Gasteiger partial charge is 0.492 e. The molecular formula is C17H17BrN2O. The van der Waals surface area contributed by atoms with Crippen LogP contribution in [0.3, 0.4) is 0 Å². The number of ether oxygens (including phenoxy) is 1. The Balaban J connectivity index is 1.72. The first kappa shape index (κ1) is 14.2. The van der Waals surface area contributed by atoms with Crippen LogP contribution in [0.15, 0.2) is 59.2 Å². The van der Waals surface area contributed by atoms with Crippen molar-refractivity contribution in [2.45, 2.75) is 13.1 Å². The van der Waals surface area contributed by atoms with Gasteiger partial charge in [0, 0.05) is 17.2 Å². The van der Waals surface area contributed by atoms with Gasteiger partial charge in [0.05, 0.1) is 12.1 Å². The average molecular weight is 345 g/mol. The fourth-order valence-corrected chi connectivity index (χ4v) is 2.75. The molecule has 0 spiro atoms. The van der Waals surface area contributed by atoms with E-state index in [9.17, 15) is 0 Å². The first-order valence-corrected chi connectivity index (χ1v) is 7.72. The van der Waals surface area contributed by atoms with Gasteiger partial charge in [0.2, 0.25) is 0 Å². The highest BCUT2D eigenvalue weighted by atomic mass is 79.9. The molecule has 21 heavy (non-hydrogen) atoms. The van der Waals surface area contributed by atoms with E-state index in [1.54, 1.807) is 0 Å². The average Bonchev–Trinajstić information content (AvgIpc) is 2.93. The summed E-state index contributed by atoms with van der Waals surface area (Å²) in [5.41, 5.74) is 8.20. The molecule has 0 aliphatic rings. The van der Waals surface area contributed by atoms with Gasteiger partial charge >= 0.3 is 0 Å². The van der Waals surface area contributed by atoms with Crippen LogP contribution < -0.4 is 10.5 Å². The molecule has 3 rings (SSSR count). The topological polar surface area (TPSA) is 40.2 Å². The number of benzene rings is 2. The molecule has 0 aliphatic heterocycles. The molecule has 0 saturated heterocycles. The summed E-state index contributed by atoms with van der Waals surface area (Å²) in [6.45, 7) is 1.98. The molecule has 2 aromatic carbocycles. The molecule has 0 atom stereocenters. The molecule has 2 N–H and O–H groups in total. The van der Waals surface area contributed by atoms with Crippen LogP contribution in [0.1, 0.15) is 5.56 Å². The van der Waals surface area contributed by atoms with Crippen molar-refractivity contribution in [3.63, 3.8) is 0 Å². The molecule has 0 radical (unpaired) electrons. The maximum absolute atomic E-state index is 5.83. The summed E-state index contributed by atoms with van der Waals surface area (Å²) in [6.07, 6.45) is 2.09. The summed E-state index contributed by atoms with van der Waals surface area (Å²) < 4.78 is 9.04. The van der Waals surface area contributed by atoms with Crippen LogP contribution in [0, 0.1) is 0 Å². The van der Waals surface area contributed by atoms with Gasteiger partial charge in [-0.3, -0.25) is 0 Å². The van der Waals surface area contributed by atoms with Crippen molar-refractivity contribution < 1.29 is 4.74 Å². The van der Waals surface area contributed by atoms with Crippen molar-refractivity contribution in [1.82, 2.24) is 4.57 Å².